The first-order valence-electron chi connectivity index (χ1n) is 4.80. The van der Waals surface area contributed by atoms with Crippen LogP contribution in [0.2, 0.25) is 0 Å². The lowest BCUT2D eigenvalue weighted by atomic mass is 9.89. The van der Waals surface area contributed by atoms with Crippen molar-refractivity contribution in [2.45, 2.75) is 18.9 Å². The highest BCUT2D eigenvalue weighted by Crippen LogP contribution is 2.28. The van der Waals surface area contributed by atoms with Crippen LogP contribution in [0.15, 0.2) is 36.9 Å². The zero-order chi connectivity index (χ0) is 11.3. The predicted molar refractivity (Wildman–Crippen MR) is 65.2 cm³/mol. The van der Waals surface area contributed by atoms with Crippen LogP contribution in [0.25, 0.3) is 0 Å². The van der Waals surface area contributed by atoms with E-state index in [1.165, 1.54) is 18.0 Å². The van der Waals surface area contributed by atoms with Crippen molar-refractivity contribution in [3.8, 4) is 0 Å². The molecule has 0 fully saturated rings. The Hall–Kier alpha value is -0.800. The monoisotopic (exact) mass is 225 g/mol. The fraction of sp³-hybridized carbons (Fsp3) is 0.333. The first kappa shape index (κ1) is 12.3. The Morgan fingerprint density at radius 3 is 2.73 bits per heavy atom. The number of rotatable bonds is 5. The predicted octanol–water partition coefficient (Wildman–Crippen LogP) is 3.48. The molecule has 0 aliphatic carbocycles. The molecule has 1 nitrogen and oxygen atoms in total. The van der Waals surface area contributed by atoms with E-state index in [2.05, 4.69) is 11.3 Å². The molecule has 3 heteroatoms. The van der Waals surface area contributed by atoms with Gasteiger partial charge in [0.1, 0.15) is 5.82 Å². The summed E-state index contributed by atoms with van der Waals surface area (Å²) in [6, 6.07) is 6.84. The molecule has 82 valence electrons. The second-order valence-electron chi connectivity index (χ2n) is 3.61. The third-order valence-electron chi connectivity index (χ3n) is 2.35. The summed E-state index contributed by atoms with van der Waals surface area (Å²) in [5.41, 5.74) is 0.284. The van der Waals surface area contributed by atoms with Crippen LogP contribution in [0, 0.1) is 5.82 Å². The minimum Gasteiger partial charge on any atom is -0.254 e. The van der Waals surface area contributed by atoms with Gasteiger partial charge in [-0.25, -0.2) is 4.39 Å². The van der Waals surface area contributed by atoms with Crippen LogP contribution in [-0.4, -0.2) is 6.26 Å². The molecule has 0 radical (unpaired) electrons. The molecule has 0 unspecified atom stereocenters. The van der Waals surface area contributed by atoms with Crippen molar-refractivity contribution in [2.75, 3.05) is 6.26 Å². The number of hydrogen-bond donors (Lipinski definition) is 1. The third kappa shape index (κ3) is 2.83. The number of hydrogen-bond acceptors (Lipinski definition) is 2. The molecule has 0 aliphatic heterocycles. The fourth-order valence-electron chi connectivity index (χ4n) is 1.63. The summed E-state index contributed by atoms with van der Waals surface area (Å²) in [7, 11) is 0. The summed E-state index contributed by atoms with van der Waals surface area (Å²) in [5, 5.41) is 0. The van der Waals surface area contributed by atoms with E-state index >= 15 is 0 Å². The van der Waals surface area contributed by atoms with Crippen molar-refractivity contribution in [1.82, 2.24) is 4.72 Å². The minimum atomic E-state index is -0.396. The maximum Gasteiger partial charge on any atom is 0.128 e. The van der Waals surface area contributed by atoms with Gasteiger partial charge in [-0.15, -0.1) is 6.58 Å². The molecule has 1 aromatic rings. The van der Waals surface area contributed by atoms with Crippen molar-refractivity contribution < 1.29 is 4.39 Å². The molecule has 1 atom stereocenters. The highest BCUT2D eigenvalue weighted by Gasteiger charge is 2.27. The maximum absolute atomic E-state index is 13.6. The molecular weight excluding hydrogens is 209 g/mol. The van der Waals surface area contributed by atoms with Gasteiger partial charge in [0.25, 0.3) is 0 Å². The number of benzene rings is 1. The summed E-state index contributed by atoms with van der Waals surface area (Å²) in [4.78, 5) is 0. The molecular formula is C12H16FNS. The van der Waals surface area contributed by atoms with Gasteiger partial charge in [-0.3, -0.25) is 4.72 Å². The van der Waals surface area contributed by atoms with Crippen LogP contribution < -0.4 is 4.72 Å². The molecule has 0 amide bonds. The summed E-state index contributed by atoms with van der Waals surface area (Å²) < 4.78 is 16.9. The van der Waals surface area contributed by atoms with Crippen molar-refractivity contribution in [1.29, 1.82) is 0 Å². The Balaban J connectivity index is 3.08. The van der Waals surface area contributed by atoms with Gasteiger partial charge in [0.05, 0.1) is 5.54 Å². The Labute approximate surface area is 94.9 Å². The third-order valence-corrected chi connectivity index (χ3v) is 3.00. The van der Waals surface area contributed by atoms with Crippen molar-refractivity contribution >= 4 is 11.9 Å². The molecule has 0 spiro atoms. The topological polar surface area (TPSA) is 12.0 Å². The van der Waals surface area contributed by atoms with Gasteiger partial charge >= 0.3 is 0 Å². The van der Waals surface area contributed by atoms with E-state index in [0.29, 0.717) is 12.0 Å². The van der Waals surface area contributed by atoms with E-state index < -0.39 is 5.54 Å². The van der Waals surface area contributed by atoms with Gasteiger partial charge in [0.15, 0.2) is 0 Å². The molecule has 1 aromatic carbocycles. The van der Waals surface area contributed by atoms with Gasteiger partial charge in [-0.1, -0.05) is 36.2 Å². The zero-order valence-corrected chi connectivity index (χ0v) is 9.90. The van der Waals surface area contributed by atoms with Crippen LogP contribution in [-0.2, 0) is 5.54 Å². The molecule has 0 aromatic heterocycles. The molecule has 1 rings (SSSR count). The lowest BCUT2D eigenvalue weighted by Gasteiger charge is -2.29. The van der Waals surface area contributed by atoms with Crippen molar-refractivity contribution in [3.05, 3.63) is 48.3 Å². The van der Waals surface area contributed by atoms with Crippen LogP contribution in [0.1, 0.15) is 18.9 Å². The van der Waals surface area contributed by atoms with E-state index in [9.17, 15) is 4.39 Å². The van der Waals surface area contributed by atoms with Gasteiger partial charge in [-0.05, 0) is 25.7 Å². The molecule has 0 aliphatic rings. The largest absolute Gasteiger partial charge is 0.254 e. The van der Waals surface area contributed by atoms with E-state index in [-0.39, 0.29) is 5.82 Å². The average Bonchev–Trinajstić information content (AvgIpc) is 2.19. The Morgan fingerprint density at radius 2 is 2.20 bits per heavy atom. The first-order chi connectivity index (χ1) is 7.14. The van der Waals surface area contributed by atoms with E-state index in [1.54, 1.807) is 12.1 Å². The SMILES string of the molecule is C=CC[C@](C)(NSC)c1ccccc1F. The number of nitrogens with one attached hydrogen (secondary N) is 1. The first-order valence-corrected chi connectivity index (χ1v) is 6.02. The maximum atomic E-state index is 13.6. The summed E-state index contributed by atoms with van der Waals surface area (Å²) >= 11 is 1.49. The molecule has 15 heavy (non-hydrogen) atoms. The Kier molecular flexibility index (Phi) is 4.36. The van der Waals surface area contributed by atoms with Gasteiger partial charge in [0, 0.05) is 5.56 Å². The summed E-state index contributed by atoms with van der Waals surface area (Å²) in [6.07, 6.45) is 4.42. The molecule has 1 N–H and O–H groups in total. The highest BCUT2D eigenvalue weighted by atomic mass is 32.2. The van der Waals surface area contributed by atoms with E-state index in [4.69, 9.17) is 0 Å². The van der Waals surface area contributed by atoms with Crippen LogP contribution in [0.4, 0.5) is 4.39 Å². The molecule has 0 bridgehead atoms. The van der Waals surface area contributed by atoms with Crippen molar-refractivity contribution in [2.24, 2.45) is 0 Å². The normalized spacial score (nSPS) is 14.6. The summed E-state index contributed by atoms with van der Waals surface area (Å²) in [6.45, 7) is 5.69. The zero-order valence-electron chi connectivity index (χ0n) is 9.09. The molecule has 0 heterocycles. The van der Waals surface area contributed by atoms with Crippen molar-refractivity contribution in [3.63, 3.8) is 0 Å². The fourth-order valence-corrected chi connectivity index (χ4v) is 2.27. The summed E-state index contributed by atoms with van der Waals surface area (Å²) in [5.74, 6) is -0.177. The van der Waals surface area contributed by atoms with Crippen LogP contribution in [0.5, 0.6) is 0 Å². The standard InChI is InChI=1S/C12H16FNS/c1-4-9-12(2,14-15-3)10-7-5-6-8-11(10)13/h4-8,14H,1,9H2,2-3H3/t12-/m0/s1. The quantitative estimate of drug-likeness (QED) is 0.608. The second-order valence-corrected chi connectivity index (χ2v) is 4.22. The van der Waals surface area contributed by atoms with Crippen LogP contribution >= 0.6 is 11.9 Å². The smallest absolute Gasteiger partial charge is 0.128 e. The lowest BCUT2D eigenvalue weighted by Crippen LogP contribution is -2.35. The Morgan fingerprint density at radius 1 is 1.53 bits per heavy atom. The average molecular weight is 225 g/mol. The van der Waals surface area contributed by atoms with Gasteiger partial charge in [0.2, 0.25) is 0 Å². The minimum absolute atomic E-state index is 0.177. The Bertz CT molecular complexity index is 340. The second kappa shape index (κ2) is 5.33. The highest BCUT2D eigenvalue weighted by molar-refractivity contribution is 7.96. The van der Waals surface area contributed by atoms with E-state index in [1.807, 2.05) is 25.3 Å². The molecule has 0 saturated carbocycles. The van der Waals surface area contributed by atoms with Crippen LogP contribution in [0.3, 0.4) is 0 Å². The lowest BCUT2D eigenvalue weighted by molar-refractivity contribution is 0.434. The van der Waals surface area contributed by atoms with Gasteiger partial charge in [-0.2, -0.15) is 0 Å². The van der Waals surface area contributed by atoms with E-state index in [0.717, 1.165) is 0 Å². The molecule has 0 saturated heterocycles. The number of halogens is 1. The van der Waals surface area contributed by atoms with Gasteiger partial charge < -0.3 is 0 Å².